The molecule has 0 aliphatic carbocycles. The standard InChI is InChI=1S/C23H27N3O3/c27-20(19-8-9-21-22(18-19)29-17-5-16-28-21)6-2-4-11-25-12-14-26(15-13-25)23-7-1-3-10-24-23/h1,3,5,7-10,16,18H,2,4,6,11-15,17H2. The molecule has 6 heteroatoms. The minimum Gasteiger partial charge on any atom is -0.485 e. The molecule has 0 atom stereocenters. The topological polar surface area (TPSA) is 54.9 Å². The normalized spacial score (nSPS) is 16.5. The predicted molar refractivity (Wildman–Crippen MR) is 113 cm³/mol. The van der Waals surface area contributed by atoms with Crippen LogP contribution in [0.1, 0.15) is 29.6 Å². The smallest absolute Gasteiger partial charge is 0.168 e. The number of hydrogen-bond donors (Lipinski definition) is 0. The molecule has 4 rings (SSSR count). The predicted octanol–water partition coefficient (Wildman–Crippen LogP) is 3.54. The van der Waals surface area contributed by atoms with Crippen LogP contribution in [0.3, 0.4) is 0 Å². The molecule has 0 radical (unpaired) electrons. The molecule has 0 spiro atoms. The number of unbranched alkanes of at least 4 members (excludes halogenated alkanes) is 1. The van der Waals surface area contributed by atoms with E-state index in [0.29, 0.717) is 30.1 Å². The third-order valence-corrected chi connectivity index (χ3v) is 5.37. The van der Waals surface area contributed by atoms with E-state index >= 15 is 0 Å². The van der Waals surface area contributed by atoms with Gasteiger partial charge in [-0.05, 0) is 55.8 Å². The lowest BCUT2D eigenvalue weighted by molar-refractivity contribution is 0.0977. The van der Waals surface area contributed by atoms with Crippen LogP contribution in [0.4, 0.5) is 5.82 Å². The summed E-state index contributed by atoms with van der Waals surface area (Å²) in [7, 11) is 0. The average Bonchev–Trinajstić information content (AvgIpc) is 3.02. The molecule has 3 heterocycles. The maximum absolute atomic E-state index is 12.5. The minimum atomic E-state index is 0.161. The van der Waals surface area contributed by atoms with Crippen molar-refractivity contribution in [3.8, 4) is 11.5 Å². The van der Waals surface area contributed by atoms with E-state index in [0.717, 1.165) is 51.4 Å². The van der Waals surface area contributed by atoms with E-state index in [1.807, 2.05) is 24.4 Å². The summed E-state index contributed by atoms with van der Waals surface area (Å²) in [6, 6.07) is 11.5. The van der Waals surface area contributed by atoms with Crippen molar-refractivity contribution in [1.82, 2.24) is 9.88 Å². The molecule has 0 N–H and O–H groups in total. The number of benzene rings is 1. The number of hydrogen-bond acceptors (Lipinski definition) is 6. The van der Waals surface area contributed by atoms with Crippen molar-refractivity contribution >= 4 is 11.6 Å². The lowest BCUT2D eigenvalue weighted by Crippen LogP contribution is -2.46. The first kappa shape index (κ1) is 19.5. The number of Topliss-reactive ketones (excluding diaryl/α,β-unsaturated/α-hetero) is 1. The summed E-state index contributed by atoms with van der Waals surface area (Å²) in [4.78, 5) is 21.8. The maximum atomic E-state index is 12.5. The summed E-state index contributed by atoms with van der Waals surface area (Å²) < 4.78 is 11.1. The molecule has 29 heavy (non-hydrogen) atoms. The number of anilines is 1. The Bertz CT molecular complexity index is 846. The zero-order valence-electron chi connectivity index (χ0n) is 16.6. The minimum absolute atomic E-state index is 0.161. The Morgan fingerprint density at radius 3 is 2.76 bits per heavy atom. The number of ketones is 1. The summed E-state index contributed by atoms with van der Waals surface area (Å²) in [5, 5.41) is 0. The van der Waals surface area contributed by atoms with Gasteiger partial charge in [0.25, 0.3) is 0 Å². The lowest BCUT2D eigenvalue weighted by atomic mass is 10.0. The highest BCUT2D eigenvalue weighted by Gasteiger charge is 2.18. The molecule has 6 nitrogen and oxygen atoms in total. The van der Waals surface area contributed by atoms with Crippen LogP contribution in [0.5, 0.6) is 11.5 Å². The fourth-order valence-electron chi connectivity index (χ4n) is 3.70. The van der Waals surface area contributed by atoms with E-state index in [1.165, 1.54) is 0 Å². The third kappa shape index (κ3) is 5.15. The largest absolute Gasteiger partial charge is 0.485 e. The van der Waals surface area contributed by atoms with E-state index in [4.69, 9.17) is 9.47 Å². The molecular weight excluding hydrogens is 366 g/mol. The van der Waals surface area contributed by atoms with Crippen molar-refractivity contribution in [3.05, 3.63) is 60.5 Å². The summed E-state index contributed by atoms with van der Waals surface area (Å²) in [6.07, 6.45) is 7.75. The van der Waals surface area contributed by atoms with Crippen molar-refractivity contribution in [2.24, 2.45) is 0 Å². The number of fused-ring (bicyclic) bond motifs is 1. The zero-order chi connectivity index (χ0) is 19.9. The van der Waals surface area contributed by atoms with Crippen molar-refractivity contribution in [1.29, 1.82) is 0 Å². The van der Waals surface area contributed by atoms with E-state index in [2.05, 4.69) is 20.9 Å². The fourth-order valence-corrected chi connectivity index (χ4v) is 3.70. The van der Waals surface area contributed by atoms with Crippen LogP contribution in [-0.4, -0.2) is 55.0 Å². The monoisotopic (exact) mass is 393 g/mol. The molecule has 0 saturated carbocycles. The van der Waals surface area contributed by atoms with Crippen LogP contribution in [-0.2, 0) is 0 Å². The Hall–Kier alpha value is -2.86. The third-order valence-electron chi connectivity index (χ3n) is 5.37. The molecule has 0 bridgehead atoms. The van der Waals surface area contributed by atoms with Crippen molar-refractivity contribution in [3.63, 3.8) is 0 Å². The van der Waals surface area contributed by atoms with Gasteiger partial charge in [-0.15, -0.1) is 0 Å². The molecule has 0 unspecified atom stereocenters. The van der Waals surface area contributed by atoms with E-state index in [1.54, 1.807) is 24.5 Å². The number of nitrogens with zero attached hydrogens (tertiary/aromatic N) is 3. The van der Waals surface area contributed by atoms with Crippen LogP contribution in [0.25, 0.3) is 0 Å². The maximum Gasteiger partial charge on any atom is 0.168 e. The lowest BCUT2D eigenvalue weighted by Gasteiger charge is -2.35. The van der Waals surface area contributed by atoms with Crippen LogP contribution in [0.2, 0.25) is 0 Å². The number of pyridine rings is 1. The van der Waals surface area contributed by atoms with Gasteiger partial charge in [-0.25, -0.2) is 4.98 Å². The SMILES string of the molecule is O=C(CCCCN1CCN(c2ccccn2)CC1)c1ccc2c(c1)OCC=CO2. The first-order chi connectivity index (χ1) is 14.3. The van der Waals surface area contributed by atoms with E-state index < -0.39 is 0 Å². The van der Waals surface area contributed by atoms with Gasteiger partial charge in [0.05, 0.1) is 6.26 Å². The number of carbonyl (C=O) groups is 1. The average molecular weight is 393 g/mol. The Morgan fingerprint density at radius 2 is 1.93 bits per heavy atom. The molecule has 2 aliphatic rings. The Kier molecular flexibility index (Phi) is 6.42. The molecule has 2 aromatic rings. The van der Waals surface area contributed by atoms with Gasteiger partial charge in [0, 0.05) is 44.4 Å². The second kappa shape index (κ2) is 9.56. The number of aromatic nitrogens is 1. The van der Waals surface area contributed by atoms with E-state index in [-0.39, 0.29) is 5.78 Å². The van der Waals surface area contributed by atoms with Gasteiger partial charge in [0.1, 0.15) is 12.4 Å². The highest BCUT2D eigenvalue weighted by molar-refractivity contribution is 5.96. The second-order valence-electron chi connectivity index (χ2n) is 7.36. The van der Waals surface area contributed by atoms with Crippen molar-refractivity contribution in [2.45, 2.75) is 19.3 Å². The molecule has 1 fully saturated rings. The molecule has 1 aromatic carbocycles. The Balaban J connectivity index is 1.18. The zero-order valence-corrected chi connectivity index (χ0v) is 16.6. The molecule has 2 aliphatic heterocycles. The van der Waals surface area contributed by atoms with Crippen LogP contribution in [0.15, 0.2) is 54.9 Å². The molecule has 1 saturated heterocycles. The van der Waals surface area contributed by atoms with Crippen LogP contribution < -0.4 is 14.4 Å². The van der Waals surface area contributed by atoms with Gasteiger partial charge in [-0.1, -0.05) is 6.07 Å². The summed E-state index contributed by atoms with van der Waals surface area (Å²) >= 11 is 0. The van der Waals surface area contributed by atoms with Gasteiger partial charge in [0.15, 0.2) is 17.3 Å². The summed E-state index contributed by atoms with van der Waals surface area (Å²) in [5.41, 5.74) is 0.693. The summed E-state index contributed by atoms with van der Waals surface area (Å²) in [5.74, 6) is 2.50. The van der Waals surface area contributed by atoms with Crippen molar-refractivity contribution < 1.29 is 14.3 Å². The molecule has 152 valence electrons. The second-order valence-corrected chi connectivity index (χ2v) is 7.36. The molecular formula is C23H27N3O3. The highest BCUT2D eigenvalue weighted by atomic mass is 16.5. The summed E-state index contributed by atoms with van der Waals surface area (Å²) in [6.45, 7) is 5.58. The number of carbonyl (C=O) groups excluding carboxylic acids is 1. The van der Waals surface area contributed by atoms with E-state index in [9.17, 15) is 4.79 Å². The van der Waals surface area contributed by atoms with Gasteiger partial charge in [0.2, 0.25) is 0 Å². The van der Waals surface area contributed by atoms with Crippen molar-refractivity contribution in [2.75, 3.05) is 44.2 Å². The number of piperazine rings is 1. The quantitative estimate of drug-likeness (QED) is 0.530. The Morgan fingerprint density at radius 1 is 1.03 bits per heavy atom. The fraction of sp³-hybridized carbons (Fsp3) is 0.391. The first-order valence-corrected chi connectivity index (χ1v) is 10.3. The van der Waals surface area contributed by atoms with Gasteiger partial charge < -0.3 is 14.4 Å². The number of rotatable bonds is 7. The highest BCUT2D eigenvalue weighted by Crippen LogP contribution is 2.30. The molecule has 1 aromatic heterocycles. The van der Waals surface area contributed by atoms with Crippen LogP contribution in [0, 0.1) is 0 Å². The van der Waals surface area contributed by atoms with Gasteiger partial charge in [-0.2, -0.15) is 0 Å². The number of ether oxygens (including phenoxy) is 2. The van der Waals surface area contributed by atoms with Crippen LogP contribution >= 0.6 is 0 Å². The van der Waals surface area contributed by atoms with Gasteiger partial charge >= 0.3 is 0 Å². The Labute approximate surface area is 171 Å². The molecule has 0 amide bonds. The van der Waals surface area contributed by atoms with Gasteiger partial charge in [-0.3, -0.25) is 9.69 Å². The first-order valence-electron chi connectivity index (χ1n) is 10.3.